The molecule has 1 aromatic carbocycles. The van der Waals surface area contributed by atoms with Crippen molar-refractivity contribution in [3.63, 3.8) is 0 Å². The molecule has 0 radical (unpaired) electrons. The molecule has 1 aromatic rings. The number of nitrogens with one attached hydrogen (secondary N) is 1. The minimum atomic E-state index is 0.686. The summed E-state index contributed by atoms with van der Waals surface area (Å²) >= 11 is 0. The van der Waals surface area contributed by atoms with Gasteiger partial charge < -0.3 is 5.32 Å². The maximum absolute atomic E-state index is 3.62. The third kappa shape index (κ3) is 2.61. The van der Waals surface area contributed by atoms with Gasteiger partial charge in [0, 0.05) is 6.04 Å². The van der Waals surface area contributed by atoms with Gasteiger partial charge in [-0.15, -0.1) is 0 Å². The third-order valence-electron chi connectivity index (χ3n) is 4.87. The molecule has 1 unspecified atom stereocenters. The first kappa shape index (κ1) is 12.2. The number of hydrogen-bond acceptors (Lipinski definition) is 1. The fraction of sp³-hybridized carbons (Fsp3) is 0.647. The second-order valence-corrected chi connectivity index (χ2v) is 6.28. The number of rotatable bonds is 6. The van der Waals surface area contributed by atoms with Crippen molar-refractivity contribution in [3.05, 3.63) is 35.4 Å². The van der Waals surface area contributed by atoms with Gasteiger partial charge in [-0.1, -0.05) is 24.3 Å². The summed E-state index contributed by atoms with van der Waals surface area (Å²) in [7, 11) is 2.15. The molecule has 18 heavy (non-hydrogen) atoms. The molecule has 98 valence electrons. The fourth-order valence-corrected chi connectivity index (χ4v) is 3.51. The summed E-state index contributed by atoms with van der Waals surface area (Å²) in [6, 6.07) is 9.55. The lowest BCUT2D eigenvalue weighted by Gasteiger charge is -2.27. The predicted octanol–water partition coefficient (Wildman–Crippen LogP) is 3.56. The summed E-state index contributed by atoms with van der Waals surface area (Å²) in [6.07, 6.45) is 7.13. The van der Waals surface area contributed by atoms with Gasteiger partial charge in [0.2, 0.25) is 0 Å². The van der Waals surface area contributed by atoms with Gasteiger partial charge in [0.15, 0.2) is 0 Å². The average molecular weight is 243 g/mol. The van der Waals surface area contributed by atoms with Gasteiger partial charge in [-0.2, -0.15) is 0 Å². The van der Waals surface area contributed by atoms with Crippen LogP contribution in [0.25, 0.3) is 0 Å². The van der Waals surface area contributed by atoms with Crippen molar-refractivity contribution in [2.45, 2.75) is 45.1 Å². The van der Waals surface area contributed by atoms with Crippen LogP contribution in [-0.2, 0) is 6.42 Å². The molecule has 0 saturated heterocycles. The van der Waals surface area contributed by atoms with E-state index in [1.165, 1.54) is 43.2 Å². The molecule has 0 amide bonds. The predicted molar refractivity (Wildman–Crippen MR) is 76.7 cm³/mol. The highest BCUT2D eigenvalue weighted by atomic mass is 14.9. The van der Waals surface area contributed by atoms with Crippen LogP contribution in [0, 0.1) is 24.7 Å². The summed E-state index contributed by atoms with van der Waals surface area (Å²) in [6.45, 7) is 2.24. The molecule has 1 nitrogen and oxygen atoms in total. The van der Waals surface area contributed by atoms with Gasteiger partial charge in [-0.25, -0.2) is 0 Å². The lowest BCUT2D eigenvalue weighted by Crippen LogP contribution is -2.38. The standard InChI is InChI=1S/C17H25N/c1-12-5-3-4-6-15(12)11-16(18-2)17(13-7-8-13)14-9-10-14/h3-6,13-14,16-18H,7-11H2,1-2H3. The minimum absolute atomic E-state index is 0.686. The Bertz CT molecular complexity index is 392. The number of aryl methyl sites for hydroxylation is 1. The van der Waals surface area contributed by atoms with Crippen molar-refractivity contribution in [1.29, 1.82) is 0 Å². The van der Waals surface area contributed by atoms with E-state index in [1.54, 1.807) is 0 Å². The highest BCUT2D eigenvalue weighted by Crippen LogP contribution is 2.51. The molecule has 0 spiro atoms. The van der Waals surface area contributed by atoms with Crippen LogP contribution in [0.5, 0.6) is 0 Å². The van der Waals surface area contributed by atoms with Gasteiger partial charge in [-0.05, 0) is 75.0 Å². The Kier molecular flexibility index (Phi) is 3.43. The Morgan fingerprint density at radius 3 is 2.22 bits per heavy atom. The molecule has 2 fully saturated rings. The molecule has 0 bridgehead atoms. The molecule has 1 N–H and O–H groups in total. The zero-order chi connectivity index (χ0) is 12.5. The van der Waals surface area contributed by atoms with E-state index in [4.69, 9.17) is 0 Å². The monoisotopic (exact) mass is 243 g/mol. The van der Waals surface area contributed by atoms with E-state index in [1.807, 2.05) is 0 Å². The second-order valence-electron chi connectivity index (χ2n) is 6.28. The normalized spacial score (nSPS) is 21.3. The molecule has 2 aliphatic carbocycles. The van der Waals surface area contributed by atoms with Crippen LogP contribution in [0.3, 0.4) is 0 Å². The van der Waals surface area contributed by atoms with E-state index >= 15 is 0 Å². The summed E-state index contributed by atoms with van der Waals surface area (Å²) in [4.78, 5) is 0. The molecular formula is C17H25N. The van der Waals surface area contributed by atoms with E-state index in [0.717, 1.165) is 17.8 Å². The van der Waals surface area contributed by atoms with Crippen LogP contribution < -0.4 is 5.32 Å². The van der Waals surface area contributed by atoms with E-state index in [9.17, 15) is 0 Å². The SMILES string of the molecule is CNC(Cc1ccccc1C)C(C1CC1)C1CC1. The van der Waals surface area contributed by atoms with E-state index < -0.39 is 0 Å². The maximum atomic E-state index is 3.62. The van der Waals surface area contributed by atoms with Crippen LogP contribution in [-0.4, -0.2) is 13.1 Å². The largest absolute Gasteiger partial charge is 0.316 e. The maximum Gasteiger partial charge on any atom is 0.0138 e. The van der Waals surface area contributed by atoms with Crippen molar-refractivity contribution in [2.24, 2.45) is 17.8 Å². The Morgan fingerprint density at radius 1 is 1.11 bits per heavy atom. The summed E-state index contributed by atoms with van der Waals surface area (Å²) in [5.41, 5.74) is 2.98. The van der Waals surface area contributed by atoms with Crippen LogP contribution in [0.4, 0.5) is 0 Å². The van der Waals surface area contributed by atoms with Crippen molar-refractivity contribution in [3.8, 4) is 0 Å². The van der Waals surface area contributed by atoms with Crippen molar-refractivity contribution in [2.75, 3.05) is 7.05 Å². The summed E-state index contributed by atoms with van der Waals surface area (Å²) in [5, 5.41) is 3.62. The molecule has 1 atom stereocenters. The van der Waals surface area contributed by atoms with Crippen molar-refractivity contribution < 1.29 is 0 Å². The highest BCUT2D eigenvalue weighted by Gasteiger charge is 2.44. The Morgan fingerprint density at radius 2 is 1.72 bits per heavy atom. The van der Waals surface area contributed by atoms with E-state index in [-0.39, 0.29) is 0 Å². The van der Waals surface area contributed by atoms with Crippen LogP contribution >= 0.6 is 0 Å². The van der Waals surface area contributed by atoms with Crippen LogP contribution in [0.2, 0.25) is 0 Å². The molecule has 2 aliphatic rings. The summed E-state index contributed by atoms with van der Waals surface area (Å²) < 4.78 is 0. The average Bonchev–Trinajstić information content (AvgIpc) is 3.25. The fourth-order valence-electron chi connectivity index (χ4n) is 3.51. The Hall–Kier alpha value is -0.820. The summed E-state index contributed by atoms with van der Waals surface area (Å²) in [5.74, 6) is 2.99. The van der Waals surface area contributed by atoms with Crippen LogP contribution in [0.15, 0.2) is 24.3 Å². The van der Waals surface area contributed by atoms with Crippen molar-refractivity contribution >= 4 is 0 Å². The molecule has 3 rings (SSSR count). The molecule has 0 aliphatic heterocycles. The lowest BCUT2D eigenvalue weighted by molar-refractivity contribution is 0.293. The molecular weight excluding hydrogens is 218 g/mol. The lowest BCUT2D eigenvalue weighted by atomic mass is 9.85. The third-order valence-corrected chi connectivity index (χ3v) is 4.87. The van der Waals surface area contributed by atoms with E-state index in [2.05, 4.69) is 43.6 Å². The smallest absolute Gasteiger partial charge is 0.0138 e. The molecule has 1 heteroatoms. The zero-order valence-corrected chi connectivity index (χ0v) is 11.7. The van der Waals surface area contributed by atoms with Crippen molar-refractivity contribution in [1.82, 2.24) is 5.32 Å². The van der Waals surface area contributed by atoms with Gasteiger partial charge in [0.05, 0.1) is 0 Å². The quantitative estimate of drug-likeness (QED) is 0.805. The highest BCUT2D eigenvalue weighted by molar-refractivity contribution is 5.26. The Balaban J connectivity index is 1.73. The first-order valence-corrected chi connectivity index (χ1v) is 7.51. The number of benzene rings is 1. The van der Waals surface area contributed by atoms with Gasteiger partial charge in [0.25, 0.3) is 0 Å². The molecule has 0 aromatic heterocycles. The zero-order valence-electron chi connectivity index (χ0n) is 11.7. The second kappa shape index (κ2) is 5.05. The van der Waals surface area contributed by atoms with Gasteiger partial charge >= 0.3 is 0 Å². The van der Waals surface area contributed by atoms with Gasteiger partial charge in [-0.3, -0.25) is 0 Å². The minimum Gasteiger partial charge on any atom is -0.316 e. The van der Waals surface area contributed by atoms with E-state index in [0.29, 0.717) is 6.04 Å². The number of hydrogen-bond donors (Lipinski definition) is 1. The topological polar surface area (TPSA) is 12.0 Å². The van der Waals surface area contributed by atoms with Crippen LogP contribution in [0.1, 0.15) is 36.8 Å². The van der Waals surface area contributed by atoms with Gasteiger partial charge in [0.1, 0.15) is 0 Å². The molecule has 0 heterocycles. The molecule has 2 saturated carbocycles. The first-order valence-electron chi connectivity index (χ1n) is 7.51. The first-order chi connectivity index (χ1) is 8.79. The number of likely N-dealkylation sites (N-methyl/N-ethyl adjacent to an activating group) is 1. The Labute approximate surface area is 111 Å².